The number of anilines is 1. The molecular weight excluding hydrogens is 330 g/mol. The van der Waals surface area contributed by atoms with Crippen LogP contribution < -0.4 is 5.32 Å². The van der Waals surface area contributed by atoms with Gasteiger partial charge in [0.05, 0.1) is 12.5 Å². The topological polar surface area (TPSA) is 73.2 Å². The van der Waals surface area contributed by atoms with Crippen LogP contribution in [0.5, 0.6) is 0 Å². The minimum atomic E-state index is -0.296. The first-order valence-electron chi connectivity index (χ1n) is 8.39. The minimum Gasteiger partial charge on any atom is -0.467 e. The molecule has 1 amide bonds. The average Bonchev–Trinajstić information content (AvgIpc) is 3.33. The second kappa shape index (κ2) is 6.22. The molecule has 6 heteroatoms. The van der Waals surface area contributed by atoms with Crippen molar-refractivity contribution in [2.75, 3.05) is 5.32 Å². The van der Waals surface area contributed by atoms with Gasteiger partial charge in [-0.15, -0.1) is 0 Å². The van der Waals surface area contributed by atoms with E-state index < -0.39 is 0 Å². The SMILES string of the molecule is Cc1cc2oc(C(=O)Nc3ccnn3Cc3ccco3)c(C)c2cc1C. The molecule has 0 atom stereocenters. The number of amides is 1. The van der Waals surface area contributed by atoms with Crippen LogP contribution in [0.1, 0.15) is 33.0 Å². The fraction of sp³-hybridized carbons (Fsp3) is 0.200. The van der Waals surface area contributed by atoms with E-state index in [0.717, 1.165) is 27.9 Å². The van der Waals surface area contributed by atoms with Crippen LogP contribution in [-0.4, -0.2) is 15.7 Å². The van der Waals surface area contributed by atoms with Gasteiger partial charge in [-0.2, -0.15) is 5.10 Å². The van der Waals surface area contributed by atoms with Crippen LogP contribution >= 0.6 is 0 Å². The summed E-state index contributed by atoms with van der Waals surface area (Å²) in [5.41, 5.74) is 3.86. The fourth-order valence-electron chi connectivity index (χ4n) is 2.98. The molecule has 1 N–H and O–H groups in total. The summed E-state index contributed by atoms with van der Waals surface area (Å²) in [6, 6.07) is 9.45. The molecule has 26 heavy (non-hydrogen) atoms. The number of hydrogen-bond donors (Lipinski definition) is 1. The van der Waals surface area contributed by atoms with Gasteiger partial charge in [0, 0.05) is 17.0 Å². The number of nitrogens with zero attached hydrogens (tertiary/aromatic N) is 2. The van der Waals surface area contributed by atoms with E-state index in [1.54, 1.807) is 23.2 Å². The third-order valence-corrected chi connectivity index (χ3v) is 4.60. The Morgan fingerprint density at radius 3 is 2.77 bits per heavy atom. The molecule has 0 aliphatic rings. The highest BCUT2D eigenvalue weighted by atomic mass is 16.3. The summed E-state index contributed by atoms with van der Waals surface area (Å²) in [4.78, 5) is 12.8. The Hall–Kier alpha value is -3.28. The number of aromatic nitrogens is 2. The van der Waals surface area contributed by atoms with Crippen molar-refractivity contribution in [1.29, 1.82) is 0 Å². The lowest BCUT2D eigenvalue weighted by Gasteiger charge is -2.07. The van der Waals surface area contributed by atoms with Gasteiger partial charge in [0.1, 0.15) is 23.7 Å². The van der Waals surface area contributed by atoms with Crippen molar-refractivity contribution in [2.45, 2.75) is 27.3 Å². The molecule has 0 radical (unpaired) electrons. The maximum Gasteiger partial charge on any atom is 0.292 e. The second-order valence-corrected chi connectivity index (χ2v) is 6.40. The molecule has 0 aliphatic heterocycles. The summed E-state index contributed by atoms with van der Waals surface area (Å²) in [7, 11) is 0. The molecule has 4 rings (SSSR count). The highest BCUT2D eigenvalue weighted by Gasteiger charge is 2.19. The molecule has 132 valence electrons. The Kier molecular flexibility index (Phi) is 3.88. The number of aryl methyl sites for hydroxylation is 3. The molecule has 0 saturated carbocycles. The third-order valence-electron chi connectivity index (χ3n) is 4.60. The van der Waals surface area contributed by atoms with Gasteiger partial charge in [-0.1, -0.05) is 0 Å². The maximum absolute atomic E-state index is 12.8. The fourth-order valence-corrected chi connectivity index (χ4v) is 2.98. The van der Waals surface area contributed by atoms with Gasteiger partial charge in [0.25, 0.3) is 5.91 Å². The lowest BCUT2D eigenvalue weighted by Crippen LogP contribution is -2.16. The second-order valence-electron chi connectivity index (χ2n) is 6.40. The van der Waals surface area contributed by atoms with Gasteiger partial charge < -0.3 is 14.2 Å². The van der Waals surface area contributed by atoms with Crippen molar-refractivity contribution in [3.05, 3.63) is 71.0 Å². The summed E-state index contributed by atoms with van der Waals surface area (Å²) in [6.07, 6.45) is 3.25. The first-order chi connectivity index (χ1) is 12.5. The standard InChI is InChI=1S/C20H19N3O3/c1-12-9-16-14(3)19(26-17(16)10-13(12)2)20(24)22-18-6-7-21-23(18)11-15-5-4-8-25-15/h4-10H,11H2,1-3H3,(H,22,24). The van der Waals surface area contributed by atoms with Crippen LogP contribution in [0, 0.1) is 20.8 Å². The summed E-state index contributed by atoms with van der Waals surface area (Å²) in [5.74, 6) is 1.36. The zero-order valence-electron chi connectivity index (χ0n) is 14.9. The normalized spacial score (nSPS) is 11.2. The number of fused-ring (bicyclic) bond motifs is 1. The number of benzene rings is 1. The monoisotopic (exact) mass is 349 g/mol. The van der Waals surface area contributed by atoms with Crippen LogP contribution in [0.15, 0.2) is 51.6 Å². The lowest BCUT2D eigenvalue weighted by molar-refractivity contribution is 0.0997. The van der Waals surface area contributed by atoms with Crippen molar-refractivity contribution in [3.8, 4) is 0 Å². The molecule has 0 spiro atoms. The zero-order chi connectivity index (χ0) is 18.3. The minimum absolute atomic E-state index is 0.296. The zero-order valence-corrected chi connectivity index (χ0v) is 14.9. The van der Waals surface area contributed by atoms with E-state index in [2.05, 4.69) is 16.5 Å². The summed E-state index contributed by atoms with van der Waals surface area (Å²) >= 11 is 0. The summed E-state index contributed by atoms with van der Waals surface area (Å²) < 4.78 is 12.8. The third kappa shape index (κ3) is 2.79. The molecule has 6 nitrogen and oxygen atoms in total. The van der Waals surface area contributed by atoms with E-state index in [9.17, 15) is 4.79 Å². The highest BCUT2D eigenvalue weighted by molar-refractivity contribution is 6.06. The Morgan fingerprint density at radius 2 is 2.00 bits per heavy atom. The lowest BCUT2D eigenvalue weighted by atomic mass is 10.1. The Bertz CT molecular complexity index is 1090. The molecule has 3 aromatic heterocycles. The number of nitrogens with one attached hydrogen (secondary N) is 1. The number of rotatable bonds is 4. The summed E-state index contributed by atoms with van der Waals surface area (Å²) in [6.45, 7) is 6.41. The van der Waals surface area contributed by atoms with E-state index >= 15 is 0 Å². The maximum atomic E-state index is 12.8. The van der Waals surface area contributed by atoms with E-state index in [1.807, 2.05) is 39.0 Å². The molecule has 3 heterocycles. The smallest absolute Gasteiger partial charge is 0.292 e. The van der Waals surface area contributed by atoms with Gasteiger partial charge >= 0.3 is 0 Å². The van der Waals surface area contributed by atoms with Crippen LogP contribution in [-0.2, 0) is 6.54 Å². The largest absolute Gasteiger partial charge is 0.467 e. The Morgan fingerprint density at radius 1 is 1.19 bits per heavy atom. The quantitative estimate of drug-likeness (QED) is 0.591. The van der Waals surface area contributed by atoms with Crippen molar-refractivity contribution < 1.29 is 13.6 Å². The number of carbonyl (C=O) groups excluding carboxylic acids is 1. The Balaban J connectivity index is 1.62. The van der Waals surface area contributed by atoms with Gasteiger partial charge in [-0.05, 0) is 56.2 Å². The molecular formula is C20H19N3O3. The predicted octanol–water partition coefficient (Wildman–Crippen LogP) is 4.45. The summed E-state index contributed by atoms with van der Waals surface area (Å²) in [5, 5.41) is 8.07. The highest BCUT2D eigenvalue weighted by Crippen LogP contribution is 2.28. The molecule has 0 aliphatic carbocycles. The van der Waals surface area contributed by atoms with Crippen LogP contribution in [0.4, 0.5) is 5.82 Å². The van der Waals surface area contributed by atoms with E-state index in [0.29, 0.717) is 18.1 Å². The van der Waals surface area contributed by atoms with Crippen molar-refractivity contribution in [3.63, 3.8) is 0 Å². The number of furan rings is 2. The molecule has 0 saturated heterocycles. The predicted molar refractivity (Wildman–Crippen MR) is 98.4 cm³/mol. The van der Waals surface area contributed by atoms with Crippen molar-refractivity contribution in [1.82, 2.24) is 9.78 Å². The molecule has 0 fully saturated rings. The van der Waals surface area contributed by atoms with Crippen LogP contribution in [0.25, 0.3) is 11.0 Å². The van der Waals surface area contributed by atoms with Gasteiger partial charge in [0.2, 0.25) is 0 Å². The van der Waals surface area contributed by atoms with Gasteiger partial charge in [-0.3, -0.25) is 4.79 Å². The van der Waals surface area contributed by atoms with E-state index in [4.69, 9.17) is 8.83 Å². The van der Waals surface area contributed by atoms with Crippen LogP contribution in [0.2, 0.25) is 0 Å². The van der Waals surface area contributed by atoms with Gasteiger partial charge in [0.15, 0.2) is 5.76 Å². The Labute approximate surface area is 150 Å². The molecule has 0 unspecified atom stereocenters. The average molecular weight is 349 g/mol. The molecule has 1 aromatic carbocycles. The van der Waals surface area contributed by atoms with Crippen molar-refractivity contribution >= 4 is 22.7 Å². The first-order valence-corrected chi connectivity index (χ1v) is 8.39. The number of hydrogen-bond acceptors (Lipinski definition) is 4. The van der Waals surface area contributed by atoms with E-state index in [-0.39, 0.29) is 5.91 Å². The van der Waals surface area contributed by atoms with Crippen LogP contribution in [0.3, 0.4) is 0 Å². The van der Waals surface area contributed by atoms with E-state index in [1.165, 1.54) is 5.56 Å². The molecule has 4 aromatic rings. The molecule has 0 bridgehead atoms. The first kappa shape index (κ1) is 16.2. The van der Waals surface area contributed by atoms with Crippen molar-refractivity contribution in [2.24, 2.45) is 0 Å². The number of carbonyl (C=O) groups is 1. The van der Waals surface area contributed by atoms with Gasteiger partial charge in [-0.25, -0.2) is 4.68 Å².